The molecule has 20 heavy (non-hydrogen) atoms. The summed E-state index contributed by atoms with van der Waals surface area (Å²) < 4.78 is 0. The van der Waals surface area contributed by atoms with E-state index in [1.165, 1.54) is 43.2 Å². The molecule has 1 unspecified atom stereocenters. The van der Waals surface area contributed by atoms with E-state index in [0.29, 0.717) is 17.9 Å². The summed E-state index contributed by atoms with van der Waals surface area (Å²) in [5.74, 6) is 8.07. The van der Waals surface area contributed by atoms with Crippen molar-refractivity contribution in [1.29, 1.82) is 0 Å². The summed E-state index contributed by atoms with van der Waals surface area (Å²) >= 11 is 0. The minimum absolute atomic E-state index is 0.314. The Labute approximate surface area is 124 Å². The van der Waals surface area contributed by atoms with Gasteiger partial charge in [0, 0.05) is 6.04 Å². The zero-order valence-electron chi connectivity index (χ0n) is 13.2. The van der Waals surface area contributed by atoms with Crippen molar-refractivity contribution >= 4 is 0 Å². The molecule has 2 rings (SSSR count). The highest BCUT2D eigenvalue weighted by Gasteiger charge is 2.27. The zero-order chi connectivity index (χ0) is 14.5. The molecule has 0 aromatic heterocycles. The normalized spacial score (nSPS) is 24.9. The molecule has 1 aromatic rings. The third kappa shape index (κ3) is 3.62. The first-order chi connectivity index (χ1) is 9.65. The first kappa shape index (κ1) is 15.5. The minimum atomic E-state index is 0.314. The lowest BCUT2D eigenvalue weighted by Crippen LogP contribution is -2.35. The van der Waals surface area contributed by atoms with Crippen molar-refractivity contribution in [2.75, 3.05) is 0 Å². The molecule has 1 fully saturated rings. The van der Waals surface area contributed by atoms with Crippen molar-refractivity contribution in [2.45, 2.75) is 64.8 Å². The Balaban J connectivity index is 2.04. The number of nitrogens with one attached hydrogen (secondary N) is 1. The van der Waals surface area contributed by atoms with Gasteiger partial charge in [-0.1, -0.05) is 64.3 Å². The van der Waals surface area contributed by atoms with E-state index in [2.05, 4.69) is 50.5 Å². The molecule has 0 saturated heterocycles. The second-order valence-electron chi connectivity index (χ2n) is 6.65. The fourth-order valence-corrected chi connectivity index (χ4v) is 3.52. The lowest BCUT2D eigenvalue weighted by molar-refractivity contribution is 0.219. The molecule has 0 heterocycles. The first-order valence-corrected chi connectivity index (χ1v) is 8.21. The van der Waals surface area contributed by atoms with E-state index >= 15 is 0 Å². The van der Waals surface area contributed by atoms with Gasteiger partial charge in [-0.05, 0) is 41.7 Å². The van der Waals surface area contributed by atoms with Gasteiger partial charge in [-0.3, -0.25) is 11.3 Å². The van der Waals surface area contributed by atoms with Gasteiger partial charge in [-0.25, -0.2) is 0 Å². The number of hydrazine groups is 1. The fraction of sp³-hybridized carbons (Fsp3) is 0.667. The molecule has 1 aliphatic carbocycles. The fourth-order valence-electron chi connectivity index (χ4n) is 3.52. The van der Waals surface area contributed by atoms with Gasteiger partial charge < -0.3 is 0 Å². The summed E-state index contributed by atoms with van der Waals surface area (Å²) in [6.45, 7) is 6.79. The van der Waals surface area contributed by atoms with Crippen molar-refractivity contribution < 1.29 is 0 Å². The average molecular weight is 274 g/mol. The van der Waals surface area contributed by atoms with E-state index in [4.69, 9.17) is 5.84 Å². The molecule has 1 saturated carbocycles. The molecule has 2 nitrogen and oxygen atoms in total. The van der Waals surface area contributed by atoms with Gasteiger partial charge in [0.2, 0.25) is 0 Å². The number of rotatable bonds is 5. The van der Waals surface area contributed by atoms with Crippen LogP contribution in [0, 0.1) is 11.8 Å². The van der Waals surface area contributed by atoms with Gasteiger partial charge >= 0.3 is 0 Å². The third-order valence-electron chi connectivity index (χ3n) is 5.08. The Hall–Kier alpha value is -0.860. The Bertz CT molecular complexity index is 388. The van der Waals surface area contributed by atoms with Crippen molar-refractivity contribution in [2.24, 2.45) is 17.7 Å². The highest BCUT2D eigenvalue weighted by Crippen LogP contribution is 2.37. The van der Waals surface area contributed by atoms with Crippen LogP contribution in [0.25, 0.3) is 0 Å². The van der Waals surface area contributed by atoms with Gasteiger partial charge in [-0.15, -0.1) is 0 Å². The Morgan fingerprint density at radius 2 is 1.60 bits per heavy atom. The van der Waals surface area contributed by atoms with Crippen LogP contribution in [-0.4, -0.2) is 0 Å². The average Bonchev–Trinajstić information content (AvgIpc) is 2.49. The topological polar surface area (TPSA) is 38.0 Å². The van der Waals surface area contributed by atoms with E-state index in [1.54, 1.807) is 0 Å². The molecule has 0 radical (unpaired) electrons. The van der Waals surface area contributed by atoms with Gasteiger partial charge in [0.05, 0.1) is 0 Å². The molecule has 1 atom stereocenters. The maximum Gasteiger partial charge on any atom is 0.0488 e. The SMILES string of the molecule is CCC1CCC(C(NN)c2ccc(C(C)C)cc2)CC1. The van der Waals surface area contributed by atoms with Crippen molar-refractivity contribution in [3.05, 3.63) is 35.4 Å². The van der Waals surface area contributed by atoms with Crippen LogP contribution < -0.4 is 11.3 Å². The van der Waals surface area contributed by atoms with Crippen LogP contribution in [0.15, 0.2) is 24.3 Å². The molecule has 0 amide bonds. The largest absolute Gasteiger partial charge is 0.271 e. The Morgan fingerprint density at radius 3 is 2.05 bits per heavy atom. The molecule has 0 spiro atoms. The standard InChI is InChI=1S/C18H30N2/c1-4-14-5-7-16(8-6-14)18(20-19)17-11-9-15(10-12-17)13(2)3/h9-14,16,18,20H,4-8,19H2,1-3H3. The summed E-state index contributed by atoms with van der Waals surface area (Å²) in [6.07, 6.45) is 6.67. The molecule has 1 aliphatic rings. The van der Waals surface area contributed by atoms with E-state index in [0.717, 1.165) is 5.92 Å². The number of hydrogen-bond donors (Lipinski definition) is 2. The van der Waals surface area contributed by atoms with Crippen LogP contribution in [0.2, 0.25) is 0 Å². The van der Waals surface area contributed by atoms with Crippen LogP contribution in [0.1, 0.15) is 76.0 Å². The number of benzene rings is 1. The molecule has 3 N–H and O–H groups in total. The Kier molecular flexibility index (Phi) is 5.62. The molecule has 1 aromatic carbocycles. The summed E-state index contributed by atoms with van der Waals surface area (Å²) in [7, 11) is 0. The van der Waals surface area contributed by atoms with E-state index in [9.17, 15) is 0 Å². The summed E-state index contributed by atoms with van der Waals surface area (Å²) in [6, 6.07) is 9.33. The monoisotopic (exact) mass is 274 g/mol. The maximum absolute atomic E-state index is 5.85. The highest BCUT2D eigenvalue weighted by molar-refractivity contribution is 5.27. The number of nitrogens with two attached hydrogens (primary N) is 1. The first-order valence-electron chi connectivity index (χ1n) is 8.21. The van der Waals surface area contributed by atoms with Gasteiger partial charge in [-0.2, -0.15) is 0 Å². The molecule has 112 valence electrons. The van der Waals surface area contributed by atoms with Gasteiger partial charge in [0.1, 0.15) is 0 Å². The molecule has 2 heteroatoms. The van der Waals surface area contributed by atoms with Crippen LogP contribution in [-0.2, 0) is 0 Å². The molecular weight excluding hydrogens is 244 g/mol. The predicted molar refractivity (Wildman–Crippen MR) is 86.3 cm³/mol. The second-order valence-corrected chi connectivity index (χ2v) is 6.65. The summed E-state index contributed by atoms with van der Waals surface area (Å²) in [5.41, 5.74) is 5.82. The molecule has 0 aliphatic heterocycles. The quantitative estimate of drug-likeness (QED) is 0.611. The maximum atomic E-state index is 5.85. The van der Waals surface area contributed by atoms with E-state index < -0.39 is 0 Å². The molecular formula is C18H30N2. The highest BCUT2D eigenvalue weighted by atomic mass is 15.2. The smallest absolute Gasteiger partial charge is 0.0488 e. The summed E-state index contributed by atoms with van der Waals surface area (Å²) in [5, 5.41) is 0. The second kappa shape index (κ2) is 7.24. The lowest BCUT2D eigenvalue weighted by atomic mass is 9.76. The van der Waals surface area contributed by atoms with Crippen LogP contribution >= 0.6 is 0 Å². The predicted octanol–water partition coefficient (Wildman–Crippen LogP) is 4.53. The van der Waals surface area contributed by atoms with E-state index in [1.807, 2.05) is 0 Å². The minimum Gasteiger partial charge on any atom is -0.271 e. The van der Waals surface area contributed by atoms with Crippen LogP contribution in [0.3, 0.4) is 0 Å². The molecule has 0 bridgehead atoms. The van der Waals surface area contributed by atoms with Crippen LogP contribution in [0.5, 0.6) is 0 Å². The number of hydrogen-bond acceptors (Lipinski definition) is 2. The lowest BCUT2D eigenvalue weighted by Gasteiger charge is -2.33. The summed E-state index contributed by atoms with van der Waals surface area (Å²) in [4.78, 5) is 0. The van der Waals surface area contributed by atoms with Gasteiger partial charge in [0.25, 0.3) is 0 Å². The van der Waals surface area contributed by atoms with Crippen molar-refractivity contribution in [3.63, 3.8) is 0 Å². The van der Waals surface area contributed by atoms with Crippen molar-refractivity contribution in [1.82, 2.24) is 5.43 Å². The van der Waals surface area contributed by atoms with E-state index in [-0.39, 0.29) is 0 Å². The zero-order valence-corrected chi connectivity index (χ0v) is 13.2. The van der Waals surface area contributed by atoms with Gasteiger partial charge in [0.15, 0.2) is 0 Å². The third-order valence-corrected chi connectivity index (χ3v) is 5.08. The Morgan fingerprint density at radius 1 is 1.05 bits per heavy atom. The van der Waals surface area contributed by atoms with Crippen molar-refractivity contribution in [3.8, 4) is 0 Å². The van der Waals surface area contributed by atoms with Crippen LogP contribution in [0.4, 0.5) is 0 Å².